The molecule has 0 bridgehead atoms. The van der Waals surface area contributed by atoms with Gasteiger partial charge in [0.25, 0.3) is 0 Å². The average Bonchev–Trinajstić information content (AvgIpc) is 2.40. The van der Waals surface area contributed by atoms with E-state index in [0.29, 0.717) is 25.2 Å². The summed E-state index contributed by atoms with van der Waals surface area (Å²) in [6, 6.07) is 0. The van der Waals surface area contributed by atoms with E-state index in [9.17, 15) is 0 Å². The maximum atomic E-state index is 6.08. The molecule has 0 aromatic heterocycles. The third-order valence-corrected chi connectivity index (χ3v) is 4.16. The summed E-state index contributed by atoms with van der Waals surface area (Å²) in [5.41, 5.74) is 6.30. The van der Waals surface area contributed by atoms with Crippen molar-refractivity contribution < 1.29 is 14.2 Å². The SMILES string of the molecule is COCCOCCCOC1(CN)CCC(C)(C)CC1. The van der Waals surface area contributed by atoms with Crippen molar-refractivity contribution in [2.24, 2.45) is 11.1 Å². The molecule has 2 N–H and O–H groups in total. The van der Waals surface area contributed by atoms with E-state index in [1.54, 1.807) is 7.11 Å². The number of ether oxygens (including phenoxy) is 3. The van der Waals surface area contributed by atoms with Gasteiger partial charge in [-0.05, 0) is 37.5 Å². The fraction of sp³-hybridized carbons (Fsp3) is 1.00. The third-order valence-electron chi connectivity index (χ3n) is 4.16. The smallest absolute Gasteiger partial charge is 0.0804 e. The first-order chi connectivity index (χ1) is 9.04. The second-order valence-electron chi connectivity index (χ2n) is 6.36. The minimum absolute atomic E-state index is 0.0813. The molecule has 1 saturated carbocycles. The Hall–Kier alpha value is -0.160. The van der Waals surface area contributed by atoms with Crippen molar-refractivity contribution in [3.8, 4) is 0 Å². The Morgan fingerprint density at radius 2 is 1.63 bits per heavy atom. The number of methoxy groups -OCH3 is 1. The van der Waals surface area contributed by atoms with E-state index in [4.69, 9.17) is 19.9 Å². The Bertz CT molecular complexity index is 234. The zero-order chi connectivity index (χ0) is 14.2. The zero-order valence-electron chi connectivity index (χ0n) is 12.9. The predicted molar refractivity (Wildman–Crippen MR) is 77.3 cm³/mol. The minimum Gasteiger partial charge on any atom is -0.382 e. The lowest BCUT2D eigenvalue weighted by Crippen LogP contribution is -2.45. The molecule has 0 heterocycles. The minimum atomic E-state index is -0.0813. The van der Waals surface area contributed by atoms with Crippen molar-refractivity contribution in [3.05, 3.63) is 0 Å². The van der Waals surface area contributed by atoms with Crippen LogP contribution >= 0.6 is 0 Å². The Kier molecular flexibility index (Phi) is 7.29. The van der Waals surface area contributed by atoms with Crippen molar-refractivity contribution >= 4 is 0 Å². The van der Waals surface area contributed by atoms with Gasteiger partial charge >= 0.3 is 0 Å². The van der Waals surface area contributed by atoms with E-state index in [0.717, 1.165) is 32.5 Å². The molecule has 0 radical (unpaired) electrons. The summed E-state index contributed by atoms with van der Waals surface area (Å²) in [6.45, 7) is 8.08. The van der Waals surface area contributed by atoms with Gasteiger partial charge < -0.3 is 19.9 Å². The van der Waals surface area contributed by atoms with E-state index < -0.39 is 0 Å². The molecular formula is C15H31NO3. The maximum absolute atomic E-state index is 6.08. The van der Waals surface area contributed by atoms with E-state index in [1.165, 1.54) is 12.8 Å². The van der Waals surface area contributed by atoms with E-state index in [-0.39, 0.29) is 5.60 Å². The molecule has 0 atom stereocenters. The summed E-state index contributed by atoms with van der Waals surface area (Å²) in [6.07, 6.45) is 5.50. The Labute approximate surface area is 118 Å². The van der Waals surface area contributed by atoms with Crippen LogP contribution in [-0.4, -0.2) is 45.7 Å². The number of rotatable bonds is 9. The van der Waals surface area contributed by atoms with Gasteiger partial charge in [0.2, 0.25) is 0 Å². The summed E-state index contributed by atoms with van der Waals surface area (Å²) in [7, 11) is 1.68. The lowest BCUT2D eigenvalue weighted by atomic mass is 9.71. The Morgan fingerprint density at radius 1 is 0.947 bits per heavy atom. The Balaban J connectivity index is 2.15. The second kappa shape index (κ2) is 8.20. The van der Waals surface area contributed by atoms with Gasteiger partial charge in [-0.15, -0.1) is 0 Å². The first-order valence-corrected chi connectivity index (χ1v) is 7.44. The molecule has 1 fully saturated rings. The quantitative estimate of drug-likeness (QED) is 0.655. The highest BCUT2D eigenvalue weighted by atomic mass is 16.5. The molecule has 1 aliphatic carbocycles. The number of hydrogen-bond acceptors (Lipinski definition) is 4. The molecule has 0 aromatic carbocycles. The number of nitrogens with two attached hydrogens (primary N) is 1. The molecule has 0 aromatic rings. The molecule has 4 heteroatoms. The number of hydrogen-bond donors (Lipinski definition) is 1. The normalized spacial score (nSPS) is 21.5. The molecule has 0 amide bonds. The van der Waals surface area contributed by atoms with E-state index in [1.807, 2.05) is 0 Å². The van der Waals surface area contributed by atoms with Gasteiger partial charge in [-0.1, -0.05) is 13.8 Å². The van der Waals surface area contributed by atoms with Crippen LogP contribution in [0.25, 0.3) is 0 Å². The van der Waals surface area contributed by atoms with Crippen LogP contribution in [0.4, 0.5) is 0 Å². The van der Waals surface area contributed by atoms with E-state index >= 15 is 0 Å². The van der Waals surface area contributed by atoms with Crippen LogP contribution in [0.15, 0.2) is 0 Å². The van der Waals surface area contributed by atoms with Crippen LogP contribution in [0.1, 0.15) is 46.0 Å². The molecule has 0 unspecified atom stereocenters. The van der Waals surface area contributed by atoms with Crippen molar-refractivity contribution in [1.29, 1.82) is 0 Å². The molecule has 19 heavy (non-hydrogen) atoms. The summed E-state index contributed by atoms with van der Waals surface area (Å²) in [4.78, 5) is 0. The first kappa shape index (κ1) is 16.9. The van der Waals surface area contributed by atoms with Crippen molar-refractivity contribution in [1.82, 2.24) is 0 Å². The van der Waals surface area contributed by atoms with Crippen LogP contribution in [-0.2, 0) is 14.2 Å². The Morgan fingerprint density at radius 3 is 2.21 bits per heavy atom. The molecule has 0 spiro atoms. The van der Waals surface area contributed by atoms with Crippen molar-refractivity contribution in [2.75, 3.05) is 40.1 Å². The highest BCUT2D eigenvalue weighted by Crippen LogP contribution is 2.41. The fourth-order valence-corrected chi connectivity index (χ4v) is 2.48. The molecule has 1 rings (SSSR count). The van der Waals surface area contributed by atoms with Gasteiger partial charge in [0.05, 0.1) is 18.8 Å². The zero-order valence-corrected chi connectivity index (χ0v) is 12.9. The summed E-state index contributed by atoms with van der Waals surface area (Å²) >= 11 is 0. The predicted octanol–water partition coefficient (Wildman–Crippen LogP) is 2.35. The van der Waals surface area contributed by atoms with Gasteiger partial charge in [-0.2, -0.15) is 0 Å². The largest absolute Gasteiger partial charge is 0.382 e. The first-order valence-electron chi connectivity index (χ1n) is 7.44. The maximum Gasteiger partial charge on any atom is 0.0804 e. The van der Waals surface area contributed by atoms with Gasteiger partial charge in [0.1, 0.15) is 0 Å². The topological polar surface area (TPSA) is 53.7 Å². The van der Waals surface area contributed by atoms with Crippen molar-refractivity contribution in [3.63, 3.8) is 0 Å². The summed E-state index contributed by atoms with van der Waals surface area (Å²) in [5, 5.41) is 0. The molecule has 4 nitrogen and oxygen atoms in total. The second-order valence-corrected chi connectivity index (χ2v) is 6.36. The standard InChI is InChI=1S/C15H31NO3/c1-14(2)5-7-15(13-16,8-6-14)19-10-4-9-18-12-11-17-3/h4-13,16H2,1-3H3. The van der Waals surface area contributed by atoms with Crippen molar-refractivity contribution in [2.45, 2.75) is 51.6 Å². The van der Waals surface area contributed by atoms with Crippen LogP contribution in [0.5, 0.6) is 0 Å². The van der Waals surface area contributed by atoms with Gasteiger partial charge in [-0.25, -0.2) is 0 Å². The highest BCUT2D eigenvalue weighted by Gasteiger charge is 2.37. The highest BCUT2D eigenvalue weighted by molar-refractivity contribution is 4.91. The van der Waals surface area contributed by atoms with Gasteiger partial charge in [0, 0.05) is 26.9 Å². The fourth-order valence-electron chi connectivity index (χ4n) is 2.48. The van der Waals surface area contributed by atoms with Gasteiger partial charge in [-0.3, -0.25) is 0 Å². The van der Waals surface area contributed by atoms with E-state index in [2.05, 4.69) is 13.8 Å². The van der Waals surface area contributed by atoms with Crippen LogP contribution < -0.4 is 5.73 Å². The monoisotopic (exact) mass is 273 g/mol. The molecule has 0 saturated heterocycles. The lowest BCUT2D eigenvalue weighted by molar-refractivity contribution is -0.0861. The molecule has 114 valence electrons. The summed E-state index contributed by atoms with van der Waals surface area (Å²) < 4.78 is 16.4. The van der Waals surface area contributed by atoms with Crippen LogP contribution in [0.3, 0.4) is 0 Å². The molecule has 1 aliphatic rings. The molecular weight excluding hydrogens is 242 g/mol. The lowest BCUT2D eigenvalue weighted by Gasteiger charge is -2.42. The van der Waals surface area contributed by atoms with Crippen LogP contribution in [0.2, 0.25) is 0 Å². The van der Waals surface area contributed by atoms with Gasteiger partial charge in [0.15, 0.2) is 0 Å². The summed E-state index contributed by atoms with van der Waals surface area (Å²) in [5.74, 6) is 0. The molecule has 0 aliphatic heterocycles. The average molecular weight is 273 g/mol. The third kappa shape index (κ3) is 6.21. The van der Waals surface area contributed by atoms with Crippen LogP contribution in [0, 0.1) is 5.41 Å².